The molecule has 0 bridgehead atoms. The van der Waals surface area contributed by atoms with Crippen LogP contribution in [0.1, 0.15) is 45.5 Å². The number of hydrogen-bond donors (Lipinski definition) is 1. The summed E-state index contributed by atoms with van der Waals surface area (Å²) in [5.74, 6) is 0. The van der Waals surface area contributed by atoms with E-state index in [-0.39, 0.29) is 6.04 Å². The Labute approximate surface area is 105 Å². The van der Waals surface area contributed by atoms with Crippen molar-refractivity contribution in [1.29, 1.82) is 0 Å². The van der Waals surface area contributed by atoms with Gasteiger partial charge in [0.25, 0.3) is 0 Å². The minimum absolute atomic E-state index is 0.198. The highest BCUT2D eigenvalue weighted by Crippen LogP contribution is 2.34. The van der Waals surface area contributed by atoms with Crippen molar-refractivity contribution in [1.82, 2.24) is 9.78 Å². The maximum Gasteiger partial charge on any atom is 0.125 e. The molecule has 0 aromatic carbocycles. The monoisotopic (exact) mass is 290 g/mol. The van der Waals surface area contributed by atoms with Crippen LogP contribution >= 0.6 is 15.9 Å². The molecular weight excluding hydrogens is 272 g/mol. The normalized spacial score (nSPS) is 14.5. The van der Waals surface area contributed by atoms with Crippen LogP contribution in [-0.2, 0) is 4.74 Å². The van der Waals surface area contributed by atoms with E-state index in [2.05, 4.69) is 21.0 Å². The number of nitrogens with zero attached hydrogens (tertiary/aromatic N) is 2. The molecule has 1 atom stereocenters. The zero-order valence-corrected chi connectivity index (χ0v) is 11.9. The second kappa shape index (κ2) is 4.85. The van der Waals surface area contributed by atoms with Gasteiger partial charge in [0.05, 0.1) is 22.0 Å². The lowest BCUT2D eigenvalue weighted by Gasteiger charge is -2.30. The van der Waals surface area contributed by atoms with Crippen molar-refractivity contribution < 1.29 is 9.84 Å². The molecule has 0 spiro atoms. The van der Waals surface area contributed by atoms with E-state index in [1.165, 1.54) is 0 Å². The van der Waals surface area contributed by atoms with Gasteiger partial charge in [0.1, 0.15) is 6.10 Å². The largest absolute Gasteiger partial charge is 0.384 e. The Morgan fingerprint density at radius 3 is 2.50 bits per heavy atom. The predicted molar refractivity (Wildman–Crippen MR) is 66.4 cm³/mol. The molecule has 1 aromatic rings. The van der Waals surface area contributed by atoms with Crippen molar-refractivity contribution in [3.05, 3.63) is 16.4 Å². The topological polar surface area (TPSA) is 47.3 Å². The lowest BCUT2D eigenvalue weighted by atomic mass is 9.98. The first kappa shape index (κ1) is 13.7. The average molecular weight is 291 g/mol. The van der Waals surface area contributed by atoms with E-state index >= 15 is 0 Å². The third kappa shape index (κ3) is 2.47. The molecule has 1 unspecified atom stereocenters. The van der Waals surface area contributed by atoms with E-state index in [1.54, 1.807) is 18.0 Å². The first-order chi connectivity index (χ1) is 7.31. The number of aliphatic hydroxyl groups excluding tert-OH is 1. The minimum atomic E-state index is -0.725. The summed E-state index contributed by atoms with van der Waals surface area (Å²) in [5.41, 5.74) is 0.108. The molecule has 0 fully saturated rings. The number of halogens is 1. The number of ether oxygens (including phenoxy) is 1. The summed E-state index contributed by atoms with van der Waals surface area (Å²) in [6.45, 7) is 7.74. The number of rotatable bonds is 4. The van der Waals surface area contributed by atoms with Gasteiger partial charge in [-0.2, -0.15) is 5.10 Å². The van der Waals surface area contributed by atoms with Gasteiger partial charge in [-0.15, -0.1) is 0 Å². The van der Waals surface area contributed by atoms with Crippen molar-refractivity contribution in [3.8, 4) is 0 Å². The fourth-order valence-corrected chi connectivity index (χ4v) is 1.95. The van der Waals surface area contributed by atoms with Crippen LogP contribution in [-0.4, -0.2) is 27.6 Å². The van der Waals surface area contributed by atoms with Gasteiger partial charge in [-0.1, -0.05) is 0 Å². The minimum Gasteiger partial charge on any atom is -0.384 e. The first-order valence-electron chi connectivity index (χ1n) is 5.27. The van der Waals surface area contributed by atoms with Gasteiger partial charge >= 0.3 is 0 Å². The smallest absolute Gasteiger partial charge is 0.125 e. The van der Waals surface area contributed by atoms with Gasteiger partial charge in [-0.25, -0.2) is 0 Å². The lowest BCUT2D eigenvalue weighted by molar-refractivity contribution is -0.0832. The molecule has 1 heterocycles. The second-order valence-corrected chi connectivity index (χ2v) is 5.48. The summed E-state index contributed by atoms with van der Waals surface area (Å²) in [7, 11) is 1.59. The fraction of sp³-hybridized carbons (Fsp3) is 0.727. The molecule has 0 saturated carbocycles. The first-order valence-corrected chi connectivity index (χ1v) is 6.06. The molecule has 0 aliphatic carbocycles. The molecule has 0 saturated heterocycles. The van der Waals surface area contributed by atoms with Crippen LogP contribution < -0.4 is 0 Å². The van der Waals surface area contributed by atoms with E-state index in [0.717, 1.165) is 10.2 Å². The van der Waals surface area contributed by atoms with Crippen LogP contribution in [0.2, 0.25) is 0 Å². The molecule has 1 rings (SSSR count). The molecule has 16 heavy (non-hydrogen) atoms. The Morgan fingerprint density at radius 1 is 1.50 bits per heavy atom. The van der Waals surface area contributed by atoms with Crippen LogP contribution in [0.25, 0.3) is 0 Å². The highest BCUT2D eigenvalue weighted by atomic mass is 79.9. The van der Waals surface area contributed by atoms with Crippen molar-refractivity contribution in [2.45, 2.75) is 45.4 Å². The summed E-state index contributed by atoms with van der Waals surface area (Å²) >= 11 is 3.41. The van der Waals surface area contributed by atoms with Crippen LogP contribution in [0.5, 0.6) is 0 Å². The van der Waals surface area contributed by atoms with Crippen LogP contribution in [0.15, 0.2) is 10.7 Å². The van der Waals surface area contributed by atoms with Crippen molar-refractivity contribution in [3.63, 3.8) is 0 Å². The molecule has 4 nitrogen and oxygen atoms in total. The van der Waals surface area contributed by atoms with E-state index in [9.17, 15) is 5.11 Å². The SMILES string of the molecule is COC(C)(C)C(O)c1c(Br)cnn1C(C)C. The van der Waals surface area contributed by atoms with E-state index in [0.29, 0.717) is 0 Å². The quantitative estimate of drug-likeness (QED) is 0.927. The highest BCUT2D eigenvalue weighted by molar-refractivity contribution is 9.10. The van der Waals surface area contributed by atoms with Gasteiger partial charge < -0.3 is 9.84 Å². The molecule has 92 valence electrons. The number of aliphatic hydroxyl groups is 1. The number of methoxy groups -OCH3 is 1. The van der Waals surface area contributed by atoms with Gasteiger partial charge in [0.15, 0.2) is 0 Å². The molecule has 1 N–H and O–H groups in total. The zero-order valence-electron chi connectivity index (χ0n) is 10.4. The van der Waals surface area contributed by atoms with Crippen LogP contribution in [0.4, 0.5) is 0 Å². The summed E-state index contributed by atoms with van der Waals surface area (Å²) in [4.78, 5) is 0. The Morgan fingerprint density at radius 2 is 2.06 bits per heavy atom. The third-order valence-electron chi connectivity index (χ3n) is 2.72. The Kier molecular flexibility index (Phi) is 4.15. The molecule has 0 amide bonds. The van der Waals surface area contributed by atoms with Gasteiger partial charge in [-0.05, 0) is 43.6 Å². The third-order valence-corrected chi connectivity index (χ3v) is 3.33. The molecule has 0 aliphatic heterocycles. The Bertz CT molecular complexity index is 361. The Balaban J connectivity index is 3.17. The van der Waals surface area contributed by atoms with E-state index < -0.39 is 11.7 Å². The fourth-order valence-electron chi connectivity index (χ4n) is 1.46. The summed E-state index contributed by atoms with van der Waals surface area (Å²) in [5, 5.41) is 14.6. The van der Waals surface area contributed by atoms with Crippen molar-refractivity contribution in [2.75, 3.05) is 7.11 Å². The van der Waals surface area contributed by atoms with Gasteiger partial charge in [0, 0.05) is 13.2 Å². The molecule has 1 aromatic heterocycles. The van der Waals surface area contributed by atoms with E-state index in [4.69, 9.17) is 4.74 Å². The number of hydrogen-bond acceptors (Lipinski definition) is 3. The van der Waals surface area contributed by atoms with Crippen molar-refractivity contribution in [2.24, 2.45) is 0 Å². The second-order valence-electron chi connectivity index (χ2n) is 4.63. The molecule has 0 radical (unpaired) electrons. The lowest BCUT2D eigenvalue weighted by Crippen LogP contribution is -2.33. The van der Waals surface area contributed by atoms with Crippen LogP contribution in [0.3, 0.4) is 0 Å². The van der Waals surface area contributed by atoms with Gasteiger partial charge in [0.2, 0.25) is 0 Å². The van der Waals surface area contributed by atoms with Crippen LogP contribution in [0, 0.1) is 0 Å². The maximum absolute atomic E-state index is 10.3. The standard InChI is InChI=1S/C11H19BrN2O2/c1-7(2)14-9(8(12)6-13-14)10(15)11(3,4)16-5/h6-7,10,15H,1-5H3. The summed E-state index contributed by atoms with van der Waals surface area (Å²) in [6, 6.07) is 0.198. The molecule has 5 heteroatoms. The molecular formula is C11H19BrN2O2. The average Bonchev–Trinajstić information content (AvgIpc) is 2.59. The Hall–Kier alpha value is -0.390. The number of aromatic nitrogens is 2. The summed E-state index contributed by atoms with van der Waals surface area (Å²) in [6.07, 6.45) is 0.973. The molecule has 0 aliphatic rings. The van der Waals surface area contributed by atoms with Gasteiger partial charge in [-0.3, -0.25) is 4.68 Å². The van der Waals surface area contributed by atoms with Crippen molar-refractivity contribution >= 4 is 15.9 Å². The van der Waals surface area contributed by atoms with E-state index in [1.807, 2.05) is 27.7 Å². The highest BCUT2D eigenvalue weighted by Gasteiger charge is 2.33. The summed E-state index contributed by atoms with van der Waals surface area (Å²) < 4.78 is 7.91. The maximum atomic E-state index is 10.3. The zero-order chi connectivity index (χ0) is 12.5. The predicted octanol–water partition coefficient (Wildman–Crippen LogP) is 2.68.